The second-order valence-electron chi connectivity index (χ2n) is 4.57. The molecule has 0 aliphatic carbocycles. The van der Waals surface area contributed by atoms with Gasteiger partial charge in [0.1, 0.15) is 0 Å². The van der Waals surface area contributed by atoms with Gasteiger partial charge in [-0.15, -0.1) is 0 Å². The van der Waals surface area contributed by atoms with E-state index in [1.807, 2.05) is 6.92 Å². The van der Waals surface area contributed by atoms with Crippen molar-refractivity contribution in [3.05, 3.63) is 17.3 Å². The lowest BCUT2D eigenvalue weighted by atomic mass is 9.88. The Morgan fingerprint density at radius 1 is 1.47 bits per heavy atom. The molecule has 5 heteroatoms. The molecule has 0 aliphatic rings. The van der Waals surface area contributed by atoms with E-state index in [2.05, 4.69) is 36.1 Å². The van der Waals surface area contributed by atoms with Crippen LogP contribution in [0, 0.1) is 11.2 Å². The van der Waals surface area contributed by atoms with Crippen LogP contribution in [0.4, 0.5) is 10.2 Å². The van der Waals surface area contributed by atoms with E-state index in [1.165, 1.54) is 0 Å². The second-order valence-corrected chi connectivity index (χ2v) is 4.91. The number of anilines is 1. The highest BCUT2D eigenvalue weighted by molar-refractivity contribution is 6.28. The number of hydrogen-bond donors (Lipinski definition) is 1. The largest absolute Gasteiger partial charge is 0.365 e. The van der Waals surface area contributed by atoms with E-state index < -0.39 is 5.82 Å². The Labute approximate surface area is 94.1 Å². The van der Waals surface area contributed by atoms with Gasteiger partial charge in [0.2, 0.25) is 5.28 Å². The lowest BCUT2D eigenvalue weighted by molar-refractivity contribution is 0.357. The molecule has 0 amide bonds. The van der Waals surface area contributed by atoms with Crippen molar-refractivity contribution in [1.29, 1.82) is 0 Å². The predicted octanol–water partition coefficient (Wildman–Crippen LogP) is 3.12. The molecule has 0 saturated carbocycles. The number of aromatic nitrogens is 2. The van der Waals surface area contributed by atoms with E-state index in [1.54, 1.807) is 0 Å². The average Bonchev–Trinajstić information content (AvgIpc) is 2.09. The molecule has 0 spiro atoms. The summed E-state index contributed by atoms with van der Waals surface area (Å²) in [7, 11) is 0. The number of halogens is 2. The van der Waals surface area contributed by atoms with Crippen molar-refractivity contribution in [1.82, 2.24) is 9.97 Å². The highest BCUT2D eigenvalue weighted by Gasteiger charge is 2.21. The normalized spacial score (nSPS) is 13.7. The Balaban J connectivity index is 2.85. The summed E-state index contributed by atoms with van der Waals surface area (Å²) in [5.41, 5.74) is 0.0177. The minimum absolute atomic E-state index is 0.0177. The summed E-state index contributed by atoms with van der Waals surface area (Å²) in [6.45, 7) is 8.15. The second kappa shape index (κ2) is 4.31. The summed E-state index contributed by atoms with van der Waals surface area (Å²) >= 11 is 5.59. The van der Waals surface area contributed by atoms with Crippen LogP contribution in [0.3, 0.4) is 0 Å². The number of rotatable bonds is 2. The van der Waals surface area contributed by atoms with Gasteiger partial charge in [0.15, 0.2) is 11.6 Å². The molecule has 1 rings (SSSR count). The van der Waals surface area contributed by atoms with Crippen LogP contribution in [0.5, 0.6) is 0 Å². The van der Waals surface area contributed by atoms with E-state index in [0.29, 0.717) is 0 Å². The van der Waals surface area contributed by atoms with E-state index in [9.17, 15) is 4.39 Å². The first-order valence-corrected chi connectivity index (χ1v) is 5.13. The molecule has 1 N–H and O–H groups in total. The zero-order valence-corrected chi connectivity index (χ0v) is 10.1. The van der Waals surface area contributed by atoms with Crippen LogP contribution in [-0.2, 0) is 0 Å². The molecule has 1 aromatic rings. The molecule has 0 radical (unpaired) electrons. The topological polar surface area (TPSA) is 37.8 Å². The first kappa shape index (κ1) is 12.2. The standard InChI is InChI=1S/C10H15ClFN3/c1-6(10(2,3)4)14-8-7(12)5-13-9(11)15-8/h5-6H,1-4H3,(H,13,14,15)/t6-/m0/s1. The van der Waals surface area contributed by atoms with Crippen LogP contribution in [-0.4, -0.2) is 16.0 Å². The minimum atomic E-state index is -0.490. The van der Waals surface area contributed by atoms with Crippen molar-refractivity contribution in [2.75, 3.05) is 5.32 Å². The molecule has 15 heavy (non-hydrogen) atoms. The molecule has 0 bridgehead atoms. The minimum Gasteiger partial charge on any atom is -0.365 e. The quantitative estimate of drug-likeness (QED) is 0.795. The highest BCUT2D eigenvalue weighted by Crippen LogP contribution is 2.23. The van der Waals surface area contributed by atoms with Gasteiger partial charge in [-0.25, -0.2) is 9.37 Å². The van der Waals surface area contributed by atoms with Crippen LogP contribution in [0.15, 0.2) is 6.20 Å². The van der Waals surface area contributed by atoms with Gasteiger partial charge in [-0.1, -0.05) is 20.8 Å². The van der Waals surface area contributed by atoms with Gasteiger partial charge in [0.05, 0.1) is 6.20 Å². The van der Waals surface area contributed by atoms with Crippen molar-refractivity contribution >= 4 is 17.4 Å². The molecule has 0 unspecified atom stereocenters. The van der Waals surface area contributed by atoms with E-state index in [4.69, 9.17) is 11.6 Å². The summed E-state index contributed by atoms with van der Waals surface area (Å²) in [5, 5.41) is 3.02. The lowest BCUT2D eigenvalue weighted by Gasteiger charge is -2.28. The maximum Gasteiger partial charge on any atom is 0.224 e. The van der Waals surface area contributed by atoms with Gasteiger partial charge in [0.25, 0.3) is 0 Å². The molecule has 84 valence electrons. The smallest absolute Gasteiger partial charge is 0.224 e. The first-order valence-electron chi connectivity index (χ1n) is 4.75. The Hall–Kier alpha value is -0.900. The third-order valence-electron chi connectivity index (χ3n) is 2.37. The van der Waals surface area contributed by atoms with Crippen molar-refractivity contribution < 1.29 is 4.39 Å². The average molecular weight is 232 g/mol. The van der Waals surface area contributed by atoms with Gasteiger partial charge in [-0.3, -0.25) is 0 Å². The van der Waals surface area contributed by atoms with Gasteiger partial charge >= 0.3 is 0 Å². The zero-order chi connectivity index (χ0) is 11.6. The summed E-state index contributed by atoms with van der Waals surface area (Å²) in [5.74, 6) is -0.340. The molecule has 0 aromatic carbocycles. The fourth-order valence-corrected chi connectivity index (χ4v) is 1.00. The summed E-state index contributed by atoms with van der Waals surface area (Å²) in [6.07, 6.45) is 1.06. The van der Waals surface area contributed by atoms with Crippen molar-refractivity contribution in [3.8, 4) is 0 Å². The number of hydrogen-bond acceptors (Lipinski definition) is 3. The van der Waals surface area contributed by atoms with Crippen LogP contribution in [0.2, 0.25) is 5.28 Å². The van der Waals surface area contributed by atoms with Gasteiger partial charge in [-0.2, -0.15) is 4.98 Å². The highest BCUT2D eigenvalue weighted by atomic mass is 35.5. The molecule has 1 heterocycles. The predicted molar refractivity (Wildman–Crippen MR) is 59.5 cm³/mol. The van der Waals surface area contributed by atoms with Crippen LogP contribution < -0.4 is 5.32 Å². The monoisotopic (exact) mass is 231 g/mol. The van der Waals surface area contributed by atoms with Crippen molar-refractivity contribution in [2.24, 2.45) is 5.41 Å². The molecule has 0 aliphatic heterocycles. The summed E-state index contributed by atoms with van der Waals surface area (Å²) in [6, 6.07) is 0.0815. The lowest BCUT2D eigenvalue weighted by Crippen LogP contribution is -2.31. The maximum atomic E-state index is 13.3. The Kier molecular flexibility index (Phi) is 3.50. The van der Waals surface area contributed by atoms with E-state index >= 15 is 0 Å². The summed E-state index contributed by atoms with van der Waals surface area (Å²) < 4.78 is 13.3. The zero-order valence-electron chi connectivity index (χ0n) is 9.31. The van der Waals surface area contributed by atoms with Crippen LogP contribution >= 0.6 is 11.6 Å². The maximum absolute atomic E-state index is 13.3. The molecule has 1 atom stereocenters. The fraction of sp³-hybridized carbons (Fsp3) is 0.600. The SMILES string of the molecule is C[C@H](Nc1nc(Cl)ncc1F)C(C)(C)C. The third-order valence-corrected chi connectivity index (χ3v) is 2.55. The Bertz CT molecular complexity index is 349. The van der Waals surface area contributed by atoms with Gasteiger partial charge in [0, 0.05) is 6.04 Å². The molecule has 3 nitrogen and oxygen atoms in total. The van der Waals surface area contributed by atoms with E-state index in [-0.39, 0.29) is 22.6 Å². The Morgan fingerprint density at radius 2 is 2.07 bits per heavy atom. The van der Waals surface area contributed by atoms with E-state index in [0.717, 1.165) is 6.20 Å². The van der Waals surface area contributed by atoms with Crippen LogP contribution in [0.25, 0.3) is 0 Å². The van der Waals surface area contributed by atoms with Crippen LogP contribution in [0.1, 0.15) is 27.7 Å². The molecule has 1 aromatic heterocycles. The van der Waals surface area contributed by atoms with Gasteiger partial charge < -0.3 is 5.32 Å². The Morgan fingerprint density at radius 3 is 2.60 bits per heavy atom. The molecular formula is C10H15ClFN3. The number of nitrogens with one attached hydrogen (secondary N) is 1. The molecule has 0 fully saturated rings. The number of nitrogens with zero attached hydrogens (tertiary/aromatic N) is 2. The molecular weight excluding hydrogens is 217 g/mol. The molecule has 0 saturated heterocycles. The van der Waals surface area contributed by atoms with Crippen molar-refractivity contribution in [2.45, 2.75) is 33.7 Å². The van der Waals surface area contributed by atoms with Gasteiger partial charge in [-0.05, 0) is 23.9 Å². The fourth-order valence-electron chi connectivity index (χ4n) is 0.868. The first-order chi connectivity index (χ1) is 6.80. The summed E-state index contributed by atoms with van der Waals surface area (Å²) in [4.78, 5) is 7.34. The third kappa shape index (κ3) is 3.30. The van der Waals surface area contributed by atoms with Crippen molar-refractivity contribution in [3.63, 3.8) is 0 Å².